The van der Waals surface area contributed by atoms with E-state index in [1.54, 1.807) is 0 Å². The number of fused-ring (bicyclic) bond motifs is 8. The Morgan fingerprint density at radius 3 is 1.08 bits per heavy atom. The zero-order valence-electron chi connectivity index (χ0n) is 33.4. The van der Waals surface area contributed by atoms with Gasteiger partial charge in [-0.2, -0.15) is 0 Å². The molecule has 0 atom stereocenters. The number of rotatable bonds is 2. The third-order valence-electron chi connectivity index (χ3n) is 10.3. The summed E-state index contributed by atoms with van der Waals surface area (Å²) in [7, 11) is 0. The molecule has 2 aliphatic rings. The van der Waals surface area contributed by atoms with E-state index in [0.717, 1.165) is 61.5 Å². The van der Waals surface area contributed by atoms with Gasteiger partial charge in [-0.25, -0.2) is 9.97 Å². The summed E-state index contributed by atoms with van der Waals surface area (Å²) in [4.78, 5) is 18.0. The van der Waals surface area contributed by atoms with E-state index in [2.05, 4.69) is 190 Å². The Morgan fingerprint density at radius 2 is 0.736 bits per heavy atom. The first-order valence-electron chi connectivity index (χ1n) is 18.7. The van der Waals surface area contributed by atoms with Crippen LogP contribution >= 0.6 is 0 Å². The van der Waals surface area contributed by atoms with E-state index >= 15 is 0 Å². The summed E-state index contributed by atoms with van der Waals surface area (Å²) in [5.74, 6) is 0. The van der Waals surface area contributed by atoms with Gasteiger partial charge in [-0.3, -0.25) is 0 Å². The first-order valence-corrected chi connectivity index (χ1v) is 18.7. The molecule has 7 rings (SSSR count). The molecule has 4 nitrogen and oxygen atoms in total. The summed E-state index contributed by atoms with van der Waals surface area (Å²) < 4.78 is 0. The molecule has 8 bridgehead atoms. The second kappa shape index (κ2) is 13.4. The minimum absolute atomic E-state index is 0. The number of nitrogens with zero attached hydrogens (tertiary/aromatic N) is 2. The quantitative estimate of drug-likeness (QED) is 0.173. The van der Waals surface area contributed by atoms with Crippen LogP contribution in [0.5, 0.6) is 0 Å². The standard InChI is InChI=1S/C48H54N4.Ni/c1-45(2,3)31-21-29(22-32(25-31)46(4,5)6)43-39-17-13-35(49-39)27-37-15-19-41(51-37)44(42-20-16-38(52-42)28-36-14-18-40(43)50-36)30-23-33(47(7,8)9)26-34(24-30)48(10,11)12;/h13-28,49-50H,1-12H3;/q;+2. The molecule has 274 valence electrons. The summed E-state index contributed by atoms with van der Waals surface area (Å²) in [5, 5.41) is 0. The van der Waals surface area contributed by atoms with Crippen molar-refractivity contribution in [1.82, 2.24) is 19.9 Å². The summed E-state index contributed by atoms with van der Waals surface area (Å²) in [6, 6.07) is 27.2. The molecule has 0 fully saturated rings. The third-order valence-corrected chi connectivity index (χ3v) is 10.3. The Balaban J connectivity index is 0.00000481. The van der Waals surface area contributed by atoms with Crippen molar-refractivity contribution in [2.24, 2.45) is 0 Å². The fraction of sp³-hybridized carbons (Fsp3) is 0.333. The minimum Gasteiger partial charge on any atom is -0.355 e. The van der Waals surface area contributed by atoms with Crippen LogP contribution in [0.2, 0.25) is 0 Å². The van der Waals surface area contributed by atoms with Crippen LogP contribution in [-0.2, 0) is 38.2 Å². The van der Waals surface area contributed by atoms with Crippen molar-refractivity contribution in [3.05, 3.63) is 118 Å². The summed E-state index contributed by atoms with van der Waals surface area (Å²) in [5.41, 5.74) is 17.5. The molecule has 0 amide bonds. The van der Waals surface area contributed by atoms with E-state index in [0.29, 0.717) is 0 Å². The van der Waals surface area contributed by atoms with E-state index in [-0.39, 0.29) is 38.2 Å². The molecule has 3 aromatic heterocycles. The Hall–Kier alpha value is -4.47. The Labute approximate surface area is 326 Å². The molecule has 5 aromatic rings. The molecule has 0 spiro atoms. The van der Waals surface area contributed by atoms with Gasteiger partial charge in [0, 0.05) is 33.2 Å². The maximum absolute atomic E-state index is 5.24. The number of benzene rings is 2. The normalized spacial score (nSPS) is 13.4. The monoisotopic (exact) mass is 744 g/mol. The molecule has 2 aromatic carbocycles. The number of hydrogen-bond acceptors (Lipinski definition) is 2. The molecule has 53 heavy (non-hydrogen) atoms. The third kappa shape index (κ3) is 7.92. The van der Waals surface area contributed by atoms with Crippen LogP contribution in [0, 0.1) is 0 Å². The van der Waals surface area contributed by atoms with Crippen molar-refractivity contribution in [2.45, 2.75) is 105 Å². The molecule has 2 aliphatic heterocycles. The van der Waals surface area contributed by atoms with Gasteiger partial charge >= 0.3 is 16.5 Å². The largest absolute Gasteiger partial charge is 2.00 e. The van der Waals surface area contributed by atoms with E-state index in [1.807, 2.05) is 0 Å². The van der Waals surface area contributed by atoms with Gasteiger partial charge in [0.05, 0.1) is 22.8 Å². The van der Waals surface area contributed by atoms with Gasteiger partial charge < -0.3 is 9.97 Å². The topological polar surface area (TPSA) is 57.4 Å². The van der Waals surface area contributed by atoms with E-state index in [4.69, 9.17) is 9.97 Å². The molecule has 2 N–H and O–H groups in total. The summed E-state index contributed by atoms with van der Waals surface area (Å²) >= 11 is 0. The zero-order chi connectivity index (χ0) is 37.4. The van der Waals surface area contributed by atoms with Gasteiger partial charge in [-0.05, 0) is 116 Å². The average Bonchev–Trinajstić information content (AvgIpc) is 3.86. The summed E-state index contributed by atoms with van der Waals surface area (Å²) in [6.45, 7) is 27.5. The first-order chi connectivity index (χ1) is 24.2. The maximum atomic E-state index is 5.24. The zero-order valence-corrected chi connectivity index (χ0v) is 34.4. The van der Waals surface area contributed by atoms with Crippen molar-refractivity contribution in [1.29, 1.82) is 0 Å². The van der Waals surface area contributed by atoms with E-state index < -0.39 is 0 Å². The Bertz CT molecular complexity index is 2280. The second-order valence-electron chi connectivity index (χ2n) is 18.8. The fourth-order valence-corrected chi connectivity index (χ4v) is 6.96. The number of nitrogens with one attached hydrogen (secondary N) is 2. The molecule has 0 radical (unpaired) electrons. The predicted molar refractivity (Wildman–Crippen MR) is 225 cm³/mol. The Kier molecular flexibility index (Phi) is 9.70. The average molecular weight is 746 g/mol. The van der Waals surface area contributed by atoms with Gasteiger partial charge in [0.2, 0.25) is 0 Å². The van der Waals surface area contributed by atoms with Crippen LogP contribution in [0.1, 0.15) is 128 Å². The van der Waals surface area contributed by atoms with Gasteiger partial charge in [0.25, 0.3) is 0 Å². The minimum atomic E-state index is -0.0133. The van der Waals surface area contributed by atoms with Gasteiger partial charge in [0.1, 0.15) is 0 Å². The smallest absolute Gasteiger partial charge is 0.355 e. The van der Waals surface area contributed by atoms with Crippen molar-refractivity contribution < 1.29 is 16.5 Å². The van der Waals surface area contributed by atoms with Gasteiger partial charge in [-0.15, -0.1) is 0 Å². The molecule has 5 heterocycles. The molecule has 0 saturated heterocycles. The first kappa shape index (κ1) is 38.3. The van der Waals surface area contributed by atoms with E-state index in [9.17, 15) is 0 Å². The summed E-state index contributed by atoms with van der Waals surface area (Å²) in [6.07, 6.45) is 8.52. The SMILES string of the molecule is CC(C)(C)c1cc(-c2c3nc(cc4ccc([nH]4)c(-c4cc(C(C)(C)C)cc(C(C)(C)C)c4)c4ccc(cc5nc2C=C5)[nH]4)C=C3)cc(C(C)(C)C)c1.[Ni+2]. The molecule has 0 saturated carbocycles. The van der Waals surface area contributed by atoms with Crippen LogP contribution in [0.15, 0.2) is 72.8 Å². The van der Waals surface area contributed by atoms with Crippen molar-refractivity contribution in [2.75, 3.05) is 0 Å². The van der Waals surface area contributed by atoms with Crippen LogP contribution < -0.4 is 0 Å². The molecule has 0 aliphatic carbocycles. The molecule has 5 heteroatoms. The predicted octanol–water partition coefficient (Wildman–Crippen LogP) is 13.2. The van der Waals surface area contributed by atoms with Crippen LogP contribution in [-0.4, -0.2) is 19.9 Å². The molecular formula is C48H54N4Ni+2. The van der Waals surface area contributed by atoms with Crippen LogP contribution in [0.4, 0.5) is 0 Å². The van der Waals surface area contributed by atoms with Crippen LogP contribution in [0.25, 0.3) is 68.6 Å². The Morgan fingerprint density at radius 1 is 0.396 bits per heavy atom. The maximum Gasteiger partial charge on any atom is 2.00 e. The second-order valence-corrected chi connectivity index (χ2v) is 18.8. The molecule has 0 unspecified atom stereocenters. The number of hydrogen-bond donors (Lipinski definition) is 2. The molecular weight excluding hydrogens is 691 g/mol. The number of aromatic amines is 2. The number of aromatic nitrogens is 4. The van der Waals surface area contributed by atoms with Crippen LogP contribution in [0.3, 0.4) is 0 Å². The van der Waals surface area contributed by atoms with Crippen molar-refractivity contribution >= 4 is 46.4 Å². The fourth-order valence-electron chi connectivity index (χ4n) is 6.96. The van der Waals surface area contributed by atoms with Gasteiger partial charge in [0.15, 0.2) is 0 Å². The van der Waals surface area contributed by atoms with Gasteiger partial charge in [-0.1, -0.05) is 119 Å². The van der Waals surface area contributed by atoms with Crippen molar-refractivity contribution in [3.8, 4) is 22.3 Å². The van der Waals surface area contributed by atoms with Crippen molar-refractivity contribution in [3.63, 3.8) is 0 Å². The van der Waals surface area contributed by atoms with E-state index in [1.165, 1.54) is 27.8 Å². The number of H-pyrrole nitrogens is 2.